The van der Waals surface area contributed by atoms with E-state index in [1.54, 1.807) is 28.0 Å². The van der Waals surface area contributed by atoms with Crippen LogP contribution in [0.2, 0.25) is 5.02 Å². The molecule has 0 saturated carbocycles. The molecule has 1 fully saturated rings. The highest BCUT2D eigenvalue weighted by atomic mass is 35.5. The molecule has 1 saturated heterocycles. The number of carbonyl (C=O) groups is 6. The molecule has 25 heteroatoms. The van der Waals surface area contributed by atoms with Crippen molar-refractivity contribution in [1.82, 2.24) is 45.5 Å². The molecule has 68 heavy (non-hydrogen) atoms. The van der Waals surface area contributed by atoms with Crippen molar-refractivity contribution in [2.75, 3.05) is 19.8 Å². The number of benzene rings is 1. The first kappa shape index (κ1) is 54.9. The van der Waals surface area contributed by atoms with E-state index in [0.717, 1.165) is 37.3 Å². The Kier molecular flexibility index (Phi) is 21.6. The monoisotopic (exact) mass is 991 g/mol. The summed E-state index contributed by atoms with van der Waals surface area (Å²) in [6.07, 6.45) is 10.6. The van der Waals surface area contributed by atoms with Crippen LogP contribution in [0.3, 0.4) is 0 Å². The molecule has 0 spiro atoms. The third-order valence-electron chi connectivity index (χ3n) is 10.9. The second kappa shape index (κ2) is 26.7. The molecule has 3 heterocycles. The summed E-state index contributed by atoms with van der Waals surface area (Å²) in [5, 5.41) is 29.2. The maximum absolute atomic E-state index is 14.1. The van der Waals surface area contributed by atoms with Crippen LogP contribution >= 0.6 is 19.4 Å². The van der Waals surface area contributed by atoms with Crippen molar-refractivity contribution in [3.63, 3.8) is 0 Å². The van der Waals surface area contributed by atoms with E-state index in [4.69, 9.17) is 22.2 Å². The number of nitrogens with two attached hydrogens (primary N) is 1. The topological polar surface area (TPSA) is 324 Å². The van der Waals surface area contributed by atoms with Crippen LogP contribution < -0.4 is 27.0 Å². The lowest BCUT2D eigenvalue weighted by molar-refractivity contribution is -0.139. The number of aryl methyl sites for hydroxylation is 1. The Labute approximate surface area is 399 Å². The maximum atomic E-state index is 14.1. The van der Waals surface area contributed by atoms with Crippen LogP contribution in [-0.2, 0) is 62.2 Å². The Morgan fingerprint density at radius 2 is 1.66 bits per heavy atom. The zero-order valence-corrected chi connectivity index (χ0v) is 40.2. The van der Waals surface area contributed by atoms with E-state index in [-0.39, 0.29) is 24.7 Å². The minimum Gasteiger partial charge on any atom is -0.396 e. The van der Waals surface area contributed by atoms with E-state index in [0.29, 0.717) is 56.2 Å². The quantitative estimate of drug-likeness (QED) is 0.0217. The number of aliphatic hydroxyl groups excluding tert-OH is 1. The van der Waals surface area contributed by atoms with E-state index >= 15 is 0 Å². The molecule has 2 aromatic heterocycles. The fourth-order valence-electron chi connectivity index (χ4n) is 7.50. The number of primary amides is 1. The van der Waals surface area contributed by atoms with Crippen molar-refractivity contribution in [3.05, 3.63) is 71.0 Å². The summed E-state index contributed by atoms with van der Waals surface area (Å²) in [5.74, 6) is -4.98. The number of halogens is 1. The molecule has 1 aromatic carbocycles. The summed E-state index contributed by atoms with van der Waals surface area (Å²) >= 11 is 6.26. The average Bonchev–Trinajstić information content (AvgIpc) is 4.05. The van der Waals surface area contributed by atoms with Gasteiger partial charge in [0.1, 0.15) is 36.8 Å². The number of phosphoric ester groups is 1. The SMILES string of the molecule is CC(=O)N1CCC[C@H]1C(=O)N[C@@H](CC(C)C)C(=O)N[C@@H](Cc1cncn1CCCCCCO/N=C/c1cnn(Cc2ccccc2Cl)c1)C(=O)N[C@@H](CO)C(=O)N[C@H](C(N)=O)[C@@H](C)OP(=O)(O)O. The number of hydrogen-bond donors (Lipinski definition) is 8. The average molecular weight is 992 g/mol. The zero-order valence-electron chi connectivity index (χ0n) is 38.5. The van der Waals surface area contributed by atoms with E-state index < -0.39 is 80.3 Å². The smallest absolute Gasteiger partial charge is 0.396 e. The summed E-state index contributed by atoms with van der Waals surface area (Å²) in [6, 6.07) is 0.657. The second-order valence-corrected chi connectivity index (χ2v) is 18.5. The molecule has 0 aliphatic carbocycles. The lowest BCUT2D eigenvalue weighted by atomic mass is 10.0. The molecule has 1 aliphatic heterocycles. The van der Waals surface area contributed by atoms with Gasteiger partial charge >= 0.3 is 7.82 Å². The summed E-state index contributed by atoms with van der Waals surface area (Å²) in [4.78, 5) is 109. The summed E-state index contributed by atoms with van der Waals surface area (Å²) in [7, 11) is -5.13. The highest BCUT2D eigenvalue weighted by Gasteiger charge is 2.37. The van der Waals surface area contributed by atoms with Gasteiger partial charge in [-0.05, 0) is 63.0 Å². The highest BCUT2D eigenvalue weighted by molar-refractivity contribution is 7.46. The predicted molar refractivity (Wildman–Crippen MR) is 247 cm³/mol. The third-order valence-corrected chi connectivity index (χ3v) is 11.9. The number of aliphatic hydroxyl groups is 1. The van der Waals surface area contributed by atoms with Gasteiger partial charge in [-0.25, -0.2) is 9.55 Å². The number of likely N-dealkylation sites (tertiary alicyclic amines) is 1. The van der Waals surface area contributed by atoms with Crippen molar-refractivity contribution < 1.29 is 57.6 Å². The van der Waals surface area contributed by atoms with Gasteiger partial charge in [-0.3, -0.25) is 38.0 Å². The van der Waals surface area contributed by atoms with Gasteiger partial charge in [0, 0.05) is 55.1 Å². The van der Waals surface area contributed by atoms with Crippen LogP contribution in [0.5, 0.6) is 0 Å². The number of unbranched alkanes of at least 4 members (excludes halogenated alkanes) is 3. The molecule has 1 aliphatic rings. The van der Waals surface area contributed by atoms with E-state index in [1.807, 2.05) is 44.3 Å². The Balaban J connectivity index is 1.39. The highest BCUT2D eigenvalue weighted by Crippen LogP contribution is 2.38. The second-order valence-electron chi connectivity index (χ2n) is 16.9. The molecule has 3 aromatic rings. The van der Waals surface area contributed by atoms with Crippen LogP contribution in [-0.4, -0.2) is 137 Å². The van der Waals surface area contributed by atoms with Gasteiger partial charge < -0.3 is 56.2 Å². The number of carbonyl (C=O) groups excluding carboxylic acids is 6. The molecule has 0 unspecified atom stereocenters. The Hall–Kier alpha value is -5.71. The molecule has 6 amide bonds. The first-order valence-corrected chi connectivity index (χ1v) is 24.2. The number of nitrogens with zero attached hydrogens (tertiary/aromatic N) is 6. The molecule has 9 N–H and O–H groups in total. The van der Waals surface area contributed by atoms with Crippen LogP contribution in [0.1, 0.15) is 89.5 Å². The molecule has 4 rings (SSSR count). The molecule has 0 bridgehead atoms. The number of phosphoric acid groups is 1. The van der Waals surface area contributed by atoms with E-state index in [2.05, 4.69) is 41.0 Å². The number of rotatable bonds is 28. The molecular weight excluding hydrogens is 929 g/mol. The van der Waals surface area contributed by atoms with Crippen LogP contribution in [0.15, 0.2) is 54.3 Å². The summed E-state index contributed by atoms with van der Waals surface area (Å²) in [6.45, 7) is 6.89. The van der Waals surface area contributed by atoms with E-state index in [1.165, 1.54) is 18.0 Å². The Bertz CT molecular complexity index is 2250. The van der Waals surface area contributed by atoms with Crippen LogP contribution in [0.25, 0.3) is 0 Å². The van der Waals surface area contributed by atoms with Crippen LogP contribution in [0, 0.1) is 5.92 Å². The van der Waals surface area contributed by atoms with Gasteiger partial charge in [-0.2, -0.15) is 5.10 Å². The number of amides is 6. The fraction of sp³-hybridized carbons (Fsp3) is 0.558. The number of nitrogens with one attached hydrogen (secondary N) is 4. The van der Waals surface area contributed by atoms with Gasteiger partial charge in [0.15, 0.2) is 0 Å². The Morgan fingerprint density at radius 3 is 2.34 bits per heavy atom. The van der Waals surface area contributed by atoms with Gasteiger partial charge in [-0.15, -0.1) is 0 Å². The number of imidazole rings is 1. The number of aromatic nitrogens is 4. The summed E-state index contributed by atoms with van der Waals surface area (Å²) in [5.41, 5.74) is 7.59. The standard InChI is InChI=1S/C43H63ClN11O12P/c1-27(2)18-34(50-43(62)37-14-11-16-55(37)29(4)57)40(59)49-35(41(60)51-36(25-56)42(61)52-38(39(45)58)28(3)67-68(63,64)65)19-32-22-46-26-53(32)15-9-5-6-10-17-66-48-21-30-20-47-54(23-30)24-31-12-7-8-13-33(31)44/h7-8,12-13,20-23,26-28,34-38,56H,5-6,9-11,14-19,24-25H2,1-4H3,(H2,45,58)(H,49,59)(H,50,62)(H,51,60)(H,52,61)(H2,63,64,65)/b48-21+/t28-,34+,35+,36+,37+,38+/m1/s1. The predicted octanol–water partition coefficient (Wildman–Crippen LogP) is 0.907. The third kappa shape index (κ3) is 17.7. The van der Waals surface area contributed by atoms with Gasteiger partial charge in [-0.1, -0.05) is 55.2 Å². The molecular formula is C43H63ClN11O12P. The minimum absolute atomic E-state index is 0.105. The van der Waals surface area contributed by atoms with Gasteiger partial charge in [0.2, 0.25) is 35.4 Å². The Morgan fingerprint density at radius 1 is 0.971 bits per heavy atom. The van der Waals surface area contributed by atoms with Crippen molar-refractivity contribution in [1.29, 1.82) is 0 Å². The largest absolute Gasteiger partial charge is 0.469 e. The van der Waals surface area contributed by atoms with Crippen molar-refractivity contribution in [3.8, 4) is 0 Å². The first-order valence-electron chi connectivity index (χ1n) is 22.3. The fourth-order valence-corrected chi connectivity index (χ4v) is 8.25. The van der Waals surface area contributed by atoms with Crippen molar-refractivity contribution in [2.45, 2.75) is 128 Å². The van der Waals surface area contributed by atoms with E-state index in [9.17, 15) is 48.2 Å². The van der Waals surface area contributed by atoms with Crippen LogP contribution in [0.4, 0.5) is 0 Å². The maximum Gasteiger partial charge on any atom is 0.469 e. The molecule has 23 nitrogen and oxygen atoms in total. The van der Waals surface area contributed by atoms with Crippen molar-refractivity contribution >= 4 is 61.1 Å². The number of hydrogen-bond acceptors (Lipinski definition) is 13. The lowest BCUT2D eigenvalue weighted by Gasteiger charge is -2.28. The molecule has 6 atom stereocenters. The van der Waals surface area contributed by atoms with Gasteiger partial charge in [0.25, 0.3) is 0 Å². The normalized spacial score (nSPS) is 16.2. The number of oxime groups is 1. The first-order chi connectivity index (χ1) is 32.3. The summed E-state index contributed by atoms with van der Waals surface area (Å²) < 4.78 is 19.5. The minimum atomic E-state index is -5.13. The van der Waals surface area contributed by atoms with Gasteiger partial charge in [0.05, 0.1) is 38.0 Å². The molecule has 374 valence electrons. The molecule has 0 radical (unpaired) electrons. The zero-order chi connectivity index (χ0) is 50.0. The van der Waals surface area contributed by atoms with Crippen molar-refractivity contribution in [2.24, 2.45) is 16.8 Å². The lowest BCUT2D eigenvalue weighted by Crippen LogP contribution is -2.61.